The molecule has 126 valence electrons. The van der Waals surface area contributed by atoms with Gasteiger partial charge in [-0.25, -0.2) is 4.39 Å². The molecule has 3 atom stereocenters. The molecule has 0 amide bonds. The highest BCUT2D eigenvalue weighted by Gasteiger charge is 2.47. The molecule has 0 radical (unpaired) electrons. The molecule has 4 nitrogen and oxygen atoms in total. The van der Waals surface area contributed by atoms with Crippen molar-refractivity contribution < 1.29 is 9.13 Å². The van der Waals surface area contributed by atoms with Crippen molar-refractivity contribution in [3.63, 3.8) is 0 Å². The normalized spacial score (nSPS) is 29.8. The van der Waals surface area contributed by atoms with Gasteiger partial charge in [0.15, 0.2) is 0 Å². The van der Waals surface area contributed by atoms with Gasteiger partial charge in [-0.1, -0.05) is 12.1 Å². The van der Waals surface area contributed by atoms with E-state index in [0.29, 0.717) is 6.10 Å². The van der Waals surface area contributed by atoms with Crippen molar-refractivity contribution in [1.29, 1.82) is 0 Å². The van der Waals surface area contributed by atoms with Gasteiger partial charge in [-0.05, 0) is 42.4 Å². The number of epoxide rings is 1. The smallest absolute Gasteiger partial charge is 0.123 e. The molecule has 6 heteroatoms. The zero-order valence-electron chi connectivity index (χ0n) is 13.5. The topological polar surface area (TPSA) is 40.7 Å². The van der Waals surface area contributed by atoms with Crippen LogP contribution < -0.4 is 5.32 Å². The van der Waals surface area contributed by atoms with Crippen molar-refractivity contribution in [3.8, 4) is 0 Å². The van der Waals surface area contributed by atoms with Crippen LogP contribution in [0.25, 0.3) is 0 Å². The second-order valence-corrected chi connectivity index (χ2v) is 7.35. The van der Waals surface area contributed by atoms with Crippen LogP contribution in [0.3, 0.4) is 0 Å². The van der Waals surface area contributed by atoms with Crippen molar-refractivity contribution in [1.82, 2.24) is 15.2 Å². The Hall–Kier alpha value is -1.47. The van der Waals surface area contributed by atoms with Crippen LogP contribution in [0.15, 0.2) is 48.8 Å². The van der Waals surface area contributed by atoms with E-state index in [9.17, 15) is 4.39 Å². The predicted molar refractivity (Wildman–Crippen MR) is 93.2 cm³/mol. The number of ether oxygens (including phenoxy) is 1. The first-order chi connectivity index (χ1) is 11.7. The average molecular weight is 345 g/mol. The quantitative estimate of drug-likeness (QED) is 0.843. The fourth-order valence-corrected chi connectivity index (χ4v) is 4.56. The summed E-state index contributed by atoms with van der Waals surface area (Å²) in [5, 5.41) is 3.61. The number of hydrogen-bond donors (Lipinski definition) is 1. The fourth-order valence-electron chi connectivity index (χ4n) is 3.36. The first-order valence-corrected chi connectivity index (χ1v) is 9.11. The summed E-state index contributed by atoms with van der Waals surface area (Å²) in [5.74, 6) is 0.770. The van der Waals surface area contributed by atoms with E-state index >= 15 is 0 Å². The van der Waals surface area contributed by atoms with Gasteiger partial charge in [-0.2, -0.15) is 0 Å². The molecule has 3 heterocycles. The van der Waals surface area contributed by atoms with Gasteiger partial charge < -0.3 is 4.74 Å². The van der Waals surface area contributed by atoms with Gasteiger partial charge in [0.25, 0.3) is 0 Å². The summed E-state index contributed by atoms with van der Waals surface area (Å²) in [6.45, 7) is 1.64. The number of nitrogens with zero attached hydrogens (tertiary/aromatic N) is 2. The third-order valence-corrected chi connectivity index (χ3v) is 6.17. The summed E-state index contributed by atoms with van der Waals surface area (Å²) < 4.78 is 18.8. The Labute approximate surface area is 145 Å². The average Bonchev–Trinajstić information content (AvgIpc) is 3.39. The van der Waals surface area contributed by atoms with Gasteiger partial charge in [0, 0.05) is 24.7 Å². The molecule has 1 aromatic carbocycles. The number of aromatic nitrogens is 1. The number of hydrogen-bond acceptors (Lipinski definition) is 5. The van der Waals surface area contributed by atoms with Gasteiger partial charge in [0.05, 0.1) is 18.2 Å². The minimum absolute atomic E-state index is 0.187. The molecule has 24 heavy (non-hydrogen) atoms. The standard InChI is InChI=1S/C18H20FN3OS/c1-22-17(24-11-16-10-23-16)21-12-18(22,14-6-8-20-9-7-14)13-2-4-15(19)5-3-13/h2-9,16-17,21H,10-12H2,1H3. The number of thioether (sulfide) groups is 1. The van der Waals surface area contributed by atoms with Crippen molar-refractivity contribution in [2.45, 2.75) is 17.1 Å². The minimum Gasteiger partial charge on any atom is -0.372 e. The largest absolute Gasteiger partial charge is 0.372 e. The Balaban J connectivity index is 1.70. The summed E-state index contributed by atoms with van der Waals surface area (Å²) in [6, 6.07) is 10.9. The van der Waals surface area contributed by atoms with E-state index in [-0.39, 0.29) is 16.9 Å². The maximum absolute atomic E-state index is 13.4. The number of likely N-dealkylation sites (N-methyl/N-ethyl adjacent to an activating group) is 1. The monoisotopic (exact) mass is 345 g/mol. The van der Waals surface area contributed by atoms with Crippen molar-refractivity contribution in [3.05, 3.63) is 65.7 Å². The van der Waals surface area contributed by atoms with Crippen LogP contribution in [-0.4, -0.2) is 47.4 Å². The van der Waals surface area contributed by atoms with Crippen molar-refractivity contribution in [2.24, 2.45) is 0 Å². The molecule has 0 aliphatic carbocycles. The first-order valence-electron chi connectivity index (χ1n) is 8.06. The molecule has 2 aliphatic heterocycles. The van der Waals surface area contributed by atoms with E-state index < -0.39 is 0 Å². The summed E-state index contributed by atoms with van der Waals surface area (Å²) >= 11 is 1.86. The molecule has 1 aromatic heterocycles. The predicted octanol–water partition coefficient (Wildman–Crippen LogP) is 2.41. The van der Waals surface area contributed by atoms with Gasteiger partial charge in [0.1, 0.15) is 11.3 Å². The van der Waals surface area contributed by atoms with Crippen LogP contribution in [0.2, 0.25) is 0 Å². The third kappa shape index (κ3) is 2.84. The molecule has 2 aromatic rings. The lowest BCUT2D eigenvalue weighted by Crippen LogP contribution is -2.44. The highest BCUT2D eigenvalue weighted by atomic mass is 32.2. The van der Waals surface area contributed by atoms with E-state index in [1.54, 1.807) is 0 Å². The molecule has 0 spiro atoms. The molecular formula is C18H20FN3OS. The second kappa shape index (κ2) is 6.44. The highest BCUT2D eigenvalue weighted by Crippen LogP contribution is 2.41. The van der Waals surface area contributed by atoms with Gasteiger partial charge in [-0.3, -0.25) is 15.2 Å². The van der Waals surface area contributed by atoms with Gasteiger partial charge in [0.2, 0.25) is 0 Å². The lowest BCUT2D eigenvalue weighted by molar-refractivity contribution is 0.217. The van der Waals surface area contributed by atoms with E-state index in [0.717, 1.165) is 30.0 Å². The molecule has 1 N–H and O–H groups in total. The van der Waals surface area contributed by atoms with E-state index in [1.807, 2.05) is 48.4 Å². The van der Waals surface area contributed by atoms with E-state index in [1.165, 1.54) is 12.1 Å². The number of rotatable bonds is 5. The van der Waals surface area contributed by atoms with E-state index in [2.05, 4.69) is 22.2 Å². The van der Waals surface area contributed by atoms with Crippen molar-refractivity contribution in [2.75, 3.05) is 26.0 Å². The molecule has 0 bridgehead atoms. The summed E-state index contributed by atoms with van der Waals surface area (Å²) in [4.78, 5) is 6.48. The number of halogens is 1. The maximum atomic E-state index is 13.4. The third-order valence-electron chi connectivity index (χ3n) is 4.81. The fraction of sp³-hybridized carbons (Fsp3) is 0.389. The summed E-state index contributed by atoms with van der Waals surface area (Å²) in [7, 11) is 2.12. The molecule has 2 aliphatic rings. The second-order valence-electron chi connectivity index (χ2n) is 6.24. The summed E-state index contributed by atoms with van der Waals surface area (Å²) in [6.07, 6.45) is 4.02. The maximum Gasteiger partial charge on any atom is 0.123 e. The number of nitrogens with one attached hydrogen (secondary N) is 1. The summed E-state index contributed by atoms with van der Waals surface area (Å²) in [5.41, 5.74) is 2.09. The molecule has 2 saturated heterocycles. The first kappa shape index (κ1) is 16.0. The van der Waals surface area contributed by atoms with Crippen LogP contribution in [0.5, 0.6) is 0 Å². The van der Waals surface area contributed by atoms with Crippen LogP contribution in [0.1, 0.15) is 11.1 Å². The van der Waals surface area contributed by atoms with Crippen LogP contribution in [0.4, 0.5) is 4.39 Å². The van der Waals surface area contributed by atoms with Crippen molar-refractivity contribution >= 4 is 11.8 Å². The molecular weight excluding hydrogens is 325 g/mol. The minimum atomic E-state index is -0.335. The lowest BCUT2D eigenvalue weighted by atomic mass is 9.83. The lowest BCUT2D eigenvalue weighted by Gasteiger charge is -2.38. The van der Waals surface area contributed by atoms with E-state index in [4.69, 9.17) is 4.74 Å². The van der Waals surface area contributed by atoms with Gasteiger partial charge >= 0.3 is 0 Å². The zero-order chi connectivity index (χ0) is 16.6. The zero-order valence-corrected chi connectivity index (χ0v) is 14.3. The van der Waals surface area contributed by atoms with Gasteiger partial charge in [-0.15, -0.1) is 11.8 Å². The highest BCUT2D eigenvalue weighted by molar-refractivity contribution is 7.99. The number of pyridine rings is 1. The molecule has 2 fully saturated rings. The Morgan fingerprint density at radius 3 is 2.58 bits per heavy atom. The molecule has 0 saturated carbocycles. The number of benzene rings is 1. The Morgan fingerprint density at radius 1 is 1.25 bits per heavy atom. The van der Waals surface area contributed by atoms with Crippen LogP contribution in [-0.2, 0) is 10.3 Å². The molecule has 3 unspecified atom stereocenters. The Bertz CT molecular complexity index is 695. The van der Waals surface area contributed by atoms with Crippen LogP contribution in [0, 0.1) is 5.82 Å². The Morgan fingerprint density at radius 2 is 1.92 bits per heavy atom. The Kier molecular flexibility index (Phi) is 4.30. The molecule has 4 rings (SSSR count). The van der Waals surface area contributed by atoms with Crippen LogP contribution >= 0.6 is 11.8 Å². The SMILES string of the molecule is CN1C(SCC2CO2)NCC1(c1ccncc1)c1ccc(F)cc1.